The van der Waals surface area contributed by atoms with Gasteiger partial charge in [0.05, 0.1) is 24.3 Å². The Morgan fingerprint density at radius 1 is 0.972 bits per heavy atom. The minimum absolute atomic E-state index is 0.0398. The van der Waals surface area contributed by atoms with Crippen molar-refractivity contribution in [1.29, 1.82) is 0 Å². The second-order valence-electron chi connectivity index (χ2n) is 9.35. The van der Waals surface area contributed by atoms with Crippen molar-refractivity contribution in [2.45, 2.75) is 43.2 Å². The number of benzene rings is 3. The highest BCUT2D eigenvalue weighted by Gasteiger charge is 2.33. The molecule has 5 N–H and O–H groups in total. The number of aliphatic hydroxyl groups is 3. The van der Waals surface area contributed by atoms with E-state index in [1.807, 2.05) is 72.8 Å². The summed E-state index contributed by atoms with van der Waals surface area (Å²) in [6.45, 7) is 0.158. The number of fused-ring (bicyclic) bond motifs is 2. The molecule has 0 saturated heterocycles. The molecule has 0 aromatic heterocycles. The van der Waals surface area contributed by atoms with Crippen molar-refractivity contribution >= 4 is 12.2 Å². The van der Waals surface area contributed by atoms with E-state index in [9.17, 15) is 20.1 Å². The minimum Gasteiger partial charge on any atom is -0.508 e. The van der Waals surface area contributed by atoms with E-state index in [0.29, 0.717) is 18.4 Å². The van der Waals surface area contributed by atoms with E-state index < -0.39 is 30.4 Å². The molecule has 186 valence electrons. The maximum absolute atomic E-state index is 12.9. The molecule has 0 spiro atoms. The van der Waals surface area contributed by atoms with Crippen LogP contribution in [0.25, 0.3) is 6.08 Å². The maximum Gasteiger partial charge on any atom is 0.408 e. The molecule has 0 fully saturated rings. The predicted octanol–water partition coefficient (Wildman–Crippen LogP) is 3.59. The highest BCUT2D eigenvalue weighted by molar-refractivity contribution is 5.71. The summed E-state index contributed by atoms with van der Waals surface area (Å²) in [6, 6.07) is 23.8. The Hall–Kier alpha value is -3.65. The van der Waals surface area contributed by atoms with Crippen LogP contribution in [0.5, 0.6) is 0 Å². The molecule has 0 heterocycles. The highest BCUT2D eigenvalue weighted by atomic mass is 16.6. The van der Waals surface area contributed by atoms with E-state index >= 15 is 0 Å². The number of hydrogen-bond donors (Lipinski definition) is 5. The van der Waals surface area contributed by atoms with Gasteiger partial charge in [0.25, 0.3) is 0 Å². The number of alkyl carbamates (subject to hydrolysis) is 1. The third-order valence-corrected chi connectivity index (χ3v) is 6.89. The molecular weight excluding hydrogens is 456 g/mol. The molecule has 3 aromatic carbocycles. The Labute approximate surface area is 210 Å². The Morgan fingerprint density at radius 3 is 2.47 bits per heavy atom. The number of carbonyl (C=O) groups is 1. The second kappa shape index (κ2) is 10.5. The van der Waals surface area contributed by atoms with Crippen LogP contribution < -0.4 is 10.6 Å². The van der Waals surface area contributed by atoms with Crippen LogP contribution in [0, 0.1) is 0 Å². The monoisotopic (exact) mass is 486 g/mol. The fourth-order valence-corrected chi connectivity index (χ4v) is 5.05. The van der Waals surface area contributed by atoms with Crippen LogP contribution in [0.2, 0.25) is 0 Å². The van der Waals surface area contributed by atoms with Gasteiger partial charge in [-0.15, -0.1) is 0 Å². The zero-order chi connectivity index (χ0) is 25.1. The summed E-state index contributed by atoms with van der Waals surface area (Å²) in [5.74, 6) is -0.0398. The number of carbonyl (C=O) groups excluding carboxylic acids is 1. The fourth-order valence-electron chi connectivity index (χ4n) is 5.05. The molecule has 3 aromatic rings. The van der Waals surface area contributed by atoms with Gasteiger partial charge < -0.3 is 30.7 Å². The normalized spacial score (nSPS) is 21.7. The molecule has 0 bridgehead atoms. The predicted molar refractivity (Wildman–Crippen MR) is 136 cm³/mol. The van der Waals surface area contributed by atoms with Crippen molar-refractivity contribution in [2.24, 2.45) is 0 Å². The van der Waals surface area contributed by atoms with E-state index in [1.54, 1.807) is 12.1 Å². The Bertz CT molecular complexity index is 1250. The van der Waals surface area contributed by atoms with Gasteiger partial charge in [-0.2, -0.15) is 0 Å². The number of nitrogens with one attached hydrogen (secondary N) is 2. The van der Waals surface area contributed by atoms with Gasteiger partial charge in [0, 0.05) is 18.5 Å². The Kier molecular flexibility index (Phi) is 7.04. The number of hydrogen-bond acceptors (Lipinski definition) is 6. The highest BCUT2D eigenvalue weighted by Crippen LogP contribution is 2.35. The molecule has 2 aliphatic rings. The van der Waals surface area contributed by atoms with Crippen molar-refractivity contribution in [3.8, 4) is 0 Å². The summed E-state index contributed by atoms with van der Waals surface area (Å²) in [7, 11) is 0. The lowest BCUT2D eigenvalue weighted by Crippen LogP contribution is -2.50. The van der Waals surface area contributed by atoms with E-state index in [1.165, 1.54) is 0 Å². The van der Waals surface area contributed by atoms with Crippen molar-refractivity contribution in [3.63, 3.8) is 0 Å². The summed E-state index contributed by atoms with van der Waals surface area (Å²) in [4.78, 5) is 12.9. The third kappa shape index (κ3) is 5.14. The summed E-state index contributed by atoms with van der Waals surface area (Å²) in [6.07, 6.45) is -0.650. The summed E-state index contributed by atoms with van der Waals surface area (Å²) in [5, 5.41) is 38.1. The van der Waals surface area contributed by atoms with Gasteiger partial charge in [0.15, 0.2) is 6.10 Å². The van der Waals surface area contributed by atoms with Gasteiger partial charge in [0.2, 0.25) is 0 Å². The molecule has 3 unspecified atom stereocenters. The average Bonchev–Trinajstić information content (AvgIpc) is 3.37. The summed E-state index contributed by atoms with van der Waals surface area (Å²) < 4.78 is 5.57. The second-order valence-corrected chi connectivity index (χ2v) is 9.35. The van der Waals surface area contributed by atoms with E-state index in [2.05, 4.69) is 10.6 Å². The van der Waals surface area contributed by atoms with E-state index in [0.717, 1.165) is 22.3 Å². The van der Waals surface area contributed by atoms with Gasteiger partial charge in [-0.1, -0.05) is 78.9 Å². The number of rotatable bonds is 8. The zero-order valence-corrected chi connectivity index (χ0v) is 19.7. The number of ether oxygens (including phenoxy) is 1. The molecule has 0 aliphatic heterocycles. The number of aliphatic hydroxyl groups excluding tert-OH is 3. The first-order valence-electron chi connectivity index (χ1n) is 12.2. The van der Waals surface area contributed by atoms with Crippen LogP contribution in [-0.4, -0.2) is 46.2 Å². The smallest absolute Gasteiger partial charge is 0.408 e. The third-order valence-electron chi connectivity index (χ3n) is 6.89. The minimum atomic E-state index is -0.960. The maximum atomic E-state index is 12.9. The molecule has 7 nitrogen and oxygen atoms in total. The van der Waals surface area contributed by atoms with Crippen molar-refractivity contribution in [1.82, 2.24) is 10.6 Å². The first kappa shape index (κ1) is 24.1. The molecule has 5 atom stereocenters. The molecule has 1 amide bonds. The molecule has 36 heavy (non-hydrogen) atoms. The van der Waals surface area contributed by atoms with Crippen molar-refractivity contribution in [2.75, 3.05) is 6.54 Å². The van der Waals surface area contributed by atoms with Crippen LogP contribution in [0.1, 0.15) is 40.0 Å². The first-order valence-corrected chi connectivity index (χ1v) is 12.2. The van der Waals surface area contributed by atoms with Crippen molar-refractivity contribution < 1.29 is 24.9 Å². The summed E-state index contributed by atoms with van der Waals surface area (Å²) in [5.41, 5.74) is 4.56. The number of amides is 1. The quantitative estimate of drug-likeness (QED) is 0.333. The standard InChI is InChI=1S/C29H30N2O5/c32-24-15-19-10-4-6-12-21(19)27(24)30-17-26(34)23(14-18-8-2-1-3-9-18)31-29(35)36-28-22-13-7-5-11-20(22)16-25(28)33/h1-13,16,23-24,26-28,30,32-34H,14-15,17H2,(H,31,35)/t23?,24-,26?,27+,28?/m0/s1. The van der Waals surface area contributed by atoms with Gasteiger partial charge in [0.1, 0.15) is 5.76 Å². The van der Waals surface area contributed by atoms with Crippen LogP contribution in [0.3, 0.4) is 0 Å². The van der Waals surface area contributed by atoms with Crippen molar-refractivity contribution in [3.05, 3.63) is 112 Å². The molecule has 0 saturated carbocycles. The lowest BCUT2D eigenvalue weighted by Gasteiger charge is -2.27. The fraction of sp³-hybridized carbons (Fsp3) is 0.276. The van der Waals surface area contributed by atoms with Gasteiger partial charge in [-0.3, -0.25) is 0 Å². The largest absolute Gasteiger partial charge is 0.508 e. The van der Waals surface area contributed by atoms with Gasteiger partial charge in [-0.05, 0) is 34.8 Å². The van der Waals surface area contributed by atoms with Crippen LogP contribution in [0.15, 0.2) is 84.6 Å². The van der Waals surface area contributed by atoms with Gasteiger partial charge in [-0.25, -0.2) is 4.79 Å². The SMILES string of the molecule is O=C(NC(Cc1ccccc1)C(O)CN[C@@H]1c2ccccc2C[C@@H]1O)OC1C(O)=Cc2ccccc21. The molecule has 7 heteroatoms. The lowest BCUT2D eigenvalue weighted by atomic mass is 10.0. The van der Waals surface area contributed by atoms with Crippen LogP contribution >= 0.6 is 0 Å². The van der Waals surface area contributed by atoms with E-state index in [4.69, 9.17) is 4.74 Å². The Balaban J connectivity index is 1.27. The average molecular weight is 487 g/mol. The summed E-state index contributed by atoms with van der Waals surface area (Å²) >= 11 is 0. The molecule has 5 rings (SSSR count). The topological polar surface area (TPSA) is 111 Å². The van der Waals surface area contributed by atoms with Crippen LogP contribution in [-0.2, 0) is 17.6 Å². The van der Waals surface area contributed by atoms with Crippen LogP contribution in [0.4, 0.5) is 4.79 Å². The Morgan fingerprint density at radius 2 is 1.67 bits per heavy atom. The lowest BCUT2D eigenvalue weighted by molar-refractivity contribution is 0.0716. The molecular formula is C29H30N2O5. The zero-order valence-electron chi connectivity index (χ0n) is 19.7. The molecule has 2 aliphatic carbocycles. The van der Waals surface area contributed by atoms with E-state index in [-0.39, 0.29) is 18.3 Å². The van der Waals surface area contributed by atoms with Gasteiger partial charge >= 0.3 is 6.09 Å². The first-order chi connectivity index (χ1) is 17.5. The molecule has 0 radical (unpaired) electrons.